The summed E-state index contributed by atoms with van der Waals surface area (Å²) in [6.07, 6.45) is 0. The van der Waals surface area contributed by atoms with Crippen molar-refractivity contribution in [3.05, 3.63) is 75.7 Å². The molecule has 31 heavy (non-hydrogen) atoms. The third-order valence-electron chi connectivity index (χ3n) is 4.90. The Kier molecular flexibility index (Phi) is 6.02. The number of hydrogen-bond acceptors (Lipinski definition) is 5. The molecule has 1 aromatic heterocycles. The number of aromatic nitrogens is 3. The zero-order valence-electron chi connectivity index (χ0n) is 17.2. The number of nitrogens with zero attached hydrogens (tertiary/aromatic N) is 3. The molecule has 1 aliphatic heterocycles. The van der Waals surface area contributed by atoms with Crippen molar-refractivity contribution in [3.63, 3.8) is 0 Å². The van der Waals surface area contributed by atoms with E-state index in [4.69, 9.17) is 11.6 Å². The topological polar surface area (TPSA) is 71.8 Å². The maximum atomic E-state index is 15.0. The van der Waals surface area contributed by atoms with Crippen molar-refractivity contribution in [2.24, 2.45) is 0 Å². The van der Waals surface area contributed by atoms with Crippen molar-refractivity contribution in [1.29, 1.82) is 0 Å². The fourth-order valence-corrected chi connectivity index (χ4v) is 4.40. The number of aryl methyl sites for hydroxylation is 1. The number of nitrogens with one attached hydrogen (secondary N) is 2. The van der Waals surface area contributed by atoms with Crippen LogP contribution < -0.4 is 10.6 Å². The number of carbonyl (C=O) groups is 1. The molecule has 0 aliphatic carbocycles. The summed E-state index contributed by atoms with van der Waals surface area (Å²) < 4.78 is 16.5. The Morgan fingerprint density at radius 2 is 2.06 bits per heavy atom. The Labute approximate surface area is 188 Å². The number of rotatable bonds is 5. The van der Waals surface area contributed by atoms with Crippen LogP contribution in [0.1, 0.15) is 31.0 Å². The van der Waals surface area contributed by atoms with Crippen molar-refractivity contribution in [2.75, 3.05) is 16.4 Å². The zero-order valence-corrected chi connectivity index (χ0v) is 18.8. The average Bonchev–Trinajstić information content (AvgIpc) is 3.10. The van der Waals surface area contributed by atoms with Crippen LogP contribution in [0.3, 0.4) is 0 Å². The van der Waals surface area contributed by atoms with E-state index in [0.717, 1.165) is 11.3 Å². The van der Waals surface area contributed by atoms with Gasteiger partial charge in [0.05, 0.1) is 5.57 Å². The van der Waals surface area contributed by atoms with Crippen LogP contribution in [0.4, 0.5) is 16.0 Å². The first-order valence-corrected chi connectivity index (χ1v) is 11.1. The van der Waals surface area contributed by atoms with Gasteiger partial charge >= 0.3 is 0 Å². The van der Waals surface area contributed by atoms with E-state index in [-0.39, 0.29) is 16.5 Å². The monoisotopic (exact) mass is 457 g/mol. The third-order valence-corrected chi connectivity index (χ3v) is 5.95. The predicted octanol–water partition coefficient (Wildman–Crippen LogP) is 5.42. The Morgan fingerprint density at radius 1 is 1.29 bits per heavy atom. The van der Waals surface area contributed by atoms with E-state index < -0.39 is 11.9 Å². The molecule has 1 aliphatic rings. The smallest absolute Gasteiger partial charge is 0.255 e. The van der Waals surface area contributed by atoms with Crippen LogP contribution in [-0.2, 0) is 4.79 Å². The van der Waals surface area contributed by atoms with Gasteiger partial charge in [0.25, 0.3) is 5.91 Å². The van der Waals surface area contributed by atoms with E-state index in [0.29, 0.717) is 28.1 Å². The van der Waals surface area contributed by atoms with Gasteiger partial charge < -0.3 is 10.6 Å². The van der Waals surface area contributed by atoms with Gasteiger partial charge in [-0.2, -0.15) is 4.98 Å². The lowest BCUT2D eigenvalue weighted by Gasteiger charge is -2.29. The number of carbonyl (C=O) groups excluding carboxylic acids is 1. The minimum absolute atomic E-state index is 0.179. The number of amides is 1. The number of fused-ring (bicyclic) bond motifs is 1. The first-order valence-electron chi connectivity index (χ1n) is 9.78. The molecule has 1 unspecified atom stereocenters. The first-order chi connectivity index (χ1) is 14.9. The third kappa shape index (κ3) is 4.18. The molecule has 0 saturated heterocycles. The number of thioether (sulfide) groups is 1. The summed E-state index contributed by atoms with van der Waals surface area (Å²) in [4.78, 5) is 17.9. The average molecular weight is 458 g/mol. The molecular weight excluding hydrogens is 437 g/mol. The van der Waals surface area contributed by atoms with Crippen molar-refractivity contribution >= 4 is 40.9 Å². The Balaban J connectivity index is 1.84. The second-order valence-corrected chi connectivity index (χ2v) is 8.76. The van der Waals surface area contributed by atoms with E-state index >= 15 is 4.39 Å². The van der Waals surface area contributed by atoms with Crippen molar-refractivity contribution in [2.45, 2.75) is 32.0 Å². The summed E-state index contributed by atoms with van der Waals surface area (Å²) in [6, 6.07) is 11.1. The number of anilines is 2. The Bertz CT molecular complexity index is 1170. The fraction of sp³-hybridized carbons (Fsp3) is 0.227. The van der Waals surface area contributed by atoms with E-state index in [9.17, 15) is 4.79 Å². The highest BCUT2D eigenvalue weighted by Crippen LogP contribution is 2.40. The number of hydrogen-bond donors (Lipinski definition) is 2. The normalized spacial score (nSPS) is 15.5. The van der Waals surface area contributed by atoms with E-state index in [1.165, 1.54) is 28.6 Å². The van der Waals surface area contributed by atoms with Gasteiger partial charge in [-0.1, -0.05) is 48.5 Å². The second-order valence-electron chi connectivity index (χ2n) is 7.12. The number of halogens is 2. The largest absolute Gasteiger partial charge is 0.328 e. The zero-order chi connectivity index (χ0) is 22.1. The molecule has 0 bridgehead atoms. The predicted molar refractivity (Wildman–Crippen MR) is 122 cm³/mol. The van der Waals surface area contributed by atoms with Gasteiger partial charge in [-0.05, 0) is 49.4 Å². The highest BCUT2D eigenvalue weighted by atomic mass is 35.5. The van der Waals surface area contributed by atoms with E-state index in [1.807, 2.05) is 32.0 Å². The molecule has 0 fully saturated rings. The van der Waals surface area contributed by atoms with E-state index in [2.05, 4.69) is 20.7 Å². The van der Waals surface area contributed by atoms with E-state index in [1.54, 1.807) is 19.1 Å². The molecule has 3 aromatic rings. The molecule has 160 valence electrons. The lowest BCUT2D eigenvalue weighted by atomic mass is 9.94. The second kappa shape index (κ2) is 8.72. The van der Waals surface area contributed by atoms with Crippen molar-refractivity contribution in [1.82, 2.24) is 14.8 Å². The SMILES string of the molecule is CCSc1nc2n(n1)C(c1c(F)cccc1Cl)C(C(=O)Nc1cccc(C)c1)=C(C)N2. The summed E-state index contributed by atoms with van der Waals surface area (Å²) >= 11 is 7.88. The highest BCUT2D eigenvalue weighted by molar-refractivity contribution is 7.99. The summed E-state index contributed by atoms with van der Waals surface area (Å²) in [5.41, 5.74) is 2.72. The maximum absolute atomic E-state index is 15.0. The summed E-state index contributed by atoms with van der Waals surface area (Å²) in [6.45, 7) is 5.70. The molecule has 0 saturated carbocycles. The fourth-order valence-electron chi connectivity index (χ4n) is 3.58. The summed E-state index contributed by atoms with van der Waals surface area (Å²) in [5, 5.41) is 11.3. The van der Waals surface area contributed by atoms with Crippen molar-refractivity contribution < 1.29 is 9.18 Å². The van der Waals surface area contributed by atoms with Gasteiger partial charge in [-0.3, -0.25) is 4.79 Å². The molecule has 6 nitrogen and oxygen atoms in total. The Morgan fingerprint density at radius 3 is 2.77 bits per heavy atom. The van der Waals surface area contributed by atoms with Crippen LogP contribution in [0.25, 0.3) is 0 Å². The van der Waals surface area contributed by atoms with Gasteiger partial charge in [-0.15, -0.1) is 5.10 Å². The molecule has 0 spiro atoms. The van der Waals surface area contributed by atoms with Crippen LogP contribution in [0.15, 0.2) is 58.9 Å². The van der Waals surface area contributed by atoms with Crippen LogP contribution in [0.5, 0.6) is 0 Å². The molecule has 2 aromatic carbocycles. The minimum atomic E-state index is -0.867. The van der Waals surface area contributed by atoms with Gasteiger partial charge in [0, 0.05) is 22.0 Å². The van der Waals surface area contributed by atoms with Gasteiger partial charge in [0.15, 0.2) is 0 Å². The lowest BCUT2D eigenvalue weighted by Crippen LogP contribution is -2.32. The van der Waals surface area contributed by atoms with Crippen LogP contribution in [0.2, 0.25) is 5.02 Å². The molecule has 2 N–H and O–H groups in total. The lowest BCUT2D eigenvalue weighted by molar-refractivity contribution is -0.113. The molecular formula is C22H21ClFN5OS. The summed E-state index contributed by atoms with van der Waals surface area (Å²) in [7, 11) is 0. The number of benzene rings is 2. The highest BCUT2D eigenvalue weighted by Gasteiger charge is 2.37. The number of allylic oxidation sites excluding steroid dienone is 1. The standard InChI is InChI=1S/C22H21ClFN5OS/c1-4-31-22-27-21-25-13(3)17(20(30)26-14-8-5-7-12(2)11-14)19(29(21)28-22)18-15(23)9-6-10-16(18)24/h5-11,19H,4H2,1-3H3,(H,26,30)(H,25,27,28). The molecule has 1 amide bonds. The maximum Gasteiger partial charge on any atom is 0.255 e. The molecule has 0 radical (unpaired) electrons. The molecule has 4 rings (SSSR count). The van der Waals surface area contributed by atoms with Crippen molar-refractivity contribution in [3.8, 4) is 0 Å². The molecule has 9 heteroatoms. The van der Waals surface area contributed by atoms with Crippen LogP contribution in [0, 0.1) is 12.7 Å². The van der Waals surface area contributed by atoms with Gasteiger partial charge in [0.1, 0.15) is 11.9 Å². The quantitative estimate of drug-likeness (QED) is 0.500. The first kappa shape index (κ1) is 21.4. The van der Waals surface area contributed by atoms with Crippen LogP contribution >= 0.6 is 23.4 Å². The Hall–Kier alpha value is -2.84. The van der Waals surface area contributed by atoms with Crippen LogP contribution in [-0.4, -0.2) is 26.4 Å². The minimum Gasteiger partial charge on any atom is -0.328 e. The van der Waals surface area contributed by atoms with Gasteiger partial charge in [-0.25, -0.2) is 9.07 Å². The summed E-state index contributed by atoms with van der Waals surface area (Å²) in [5.74, 6) is 0.330. The van der Waals surface area contributed by atoms with Gasteiger partial charge in [0.2, 0.25) is 11.1 Å². The molecule has 2 heterocycles. The molecule has 1 atom stereocenters.